The van der Waals surface area contributed by atoms with Crippen molar-refractivity contribution in [1.82, 2.24) is 4.90 Å². The molecule has 0 radical (unpaired) electrons. The van der Waals surface area contributed by atoms with Crippen molar-refractivity contribution in [1.29, 1.82) is 0 Å². The Bertz CT molecular complexity index is 304. The monoisotopic (exact) mass is 283 g/mol. The standard InChI is InChI=1S/C16H29NO3/c1-2-3-4-5-6-7-8-9-12-15(18)17-13-10-11-14(17)16(19)20/h14H,2-13H2,1H3,(H,19,20). The summed E-state index contributed by atoms with van der Waals surface area (Å²) >= 11 is 0. The van der Waals surface area contributed by atoms with Gasteiger partial charge in [0.1, 0.15) is 6.04 Å². The van der Waals surface area contributed by atoms with E-state index < -0.39 is 12.0 Å². The topological polar surface area (TPSA) is 57.6 Å². The Hall–Kier alpha value is -1.06. The first-order valence-corrected chi connectivity index (χ1v) is 8.19. The number of carboxylic acid groups (broad SMARTS) is 1. The van der Waals surface area contributed by atoms with Gasteiger partial charge in [-0.15, -0.1) is 0 Å². The lowest BCUT2D eigenvalue weighted by Crippen LogP contribution is -2.40. The molecule has 0 aromatic heterocycles. The molecule has 0 aliphatic carbocycles. The molecular weight excluding hydrogens is 254 g/mol. The normalized spacial score (nSPS) is 18.4. The van der Waals surface area contributed by atoms with Crippen molar-refractivity contribution in [2.75, 3.05) is 6.54 Å². The van der Waals surface area contributed by atoms with Gasteiger partial charge in [-0.05, 0) is 19.3 Å². The number of rotatable bonds is 10. The van der Waals surface area contributed by atoms with Gasteiger partial charge in [-0.2, -0.15) is 0 Å². The number of amides is 1. The molecule has 1 fully saturated rings. The maximum absolute atomic E-state index is 12.0. The van der Waals surface area contributed by atoms with Crippen molar-refractivity contribution in [3.63, 3.8) is 0 Å². The minimum atomic E-state index is -0.855. The summed E-state index contributed by atoms with van der Waals surface area (Å²) in [5.41, 5.74) is 0. The molecular formula is C16H29NO3. The minimum Gasteiger partial charge on any atom is -0.480 e. The van der Waals surface area contributed by atoms with Gasteiger partial charge in [-0.25, -0.2) is 4.79 Å². The van der Waals surface area contributed by atoms with E-state index in [1.807, 2.05) is 0 Å². The third-order valence-corrected chi connectivity index (χ3v) is 4.10. The number of aliphatic carboxylic acids is 1. The van der Waals surface area contributed by atoms with Gasteiger partial charge in [0.05, 0.1) is 0 Å². The summed E-state index contributed by atoms with van der Waals surface area (Å²) in [6.07, 6.45) is 11.6. The molecule has 0 aromatic rings. The molecule has 0 spiro atoms. The number of carbonyl (C=O) groups excluding carboxylic acids is 1. The van der Waals surface area contributed by atoms with Crippen molar-refractivity contribution >= 4 is 11.9 Å². The summed E-state index contributed by atoms with van der Waals surface area (Å²) in [6.45, 7) is 2.83. The lowest BCUT2D eigenvalue weighted by atomic mass is 10.1. The summed E-state index contributed by atoms with van der Waals surface area (Å²) in [5, 5.41) is 9.05. The van der Waals surface area contributed by atoms with E-state index in [-0.39, 0.29) is 5.91 Å². The van der Waals surface area contributed by atoms with Crippen LogP contribution < -0.4 is 0 Å². The molecule has 20 heavy (non-hydrogen) atoms. The second-order valence-corrected chi connectivity index (χ2v) is 5.81. The molecule has 1 saturated heterocycles. The van der Waals surface area contributed by atoms with Crippen molar-refractivity contribution < 1.29 is 14.7 Å². The molecule has 0 saturated carbocycles. The van der Waals surface area contributed by atoms with E-state index in [1.54, 1.807) is 4.90 Å². The Kier molecular flexibility index (Phi) is 8.31. The van der Waals surface area contributed by atoms with Gasteiger partial charge in [-0.3, -0.25) is 4.79 Å². The molecule has 116 valence electrons. The molecule has 0 bridgehead atoms. The molecule has 4 nitrogen and oxygen atoms in total. The highest BCUT2D eigenvalue weighted by atomic mass is 16.4. The van der Waals surface area contributed by atoms with Gasteiger partial charge in [0.25, 0.3) is 0 Å². The number of hydrogen-bond acceptors (Lipinski definition) is 2. The first-order valence-electron chi connectivity index (χ1n) is 8.19. The van der Waals surface area contributed by atoms with Crippen LogP contribution in [0.1, 0.15) is 77.6 Å². The number of carboxylic acids is 1. The first-order chi connectivity index (χ1) is 9.66. The fourth-order valence-electron chi connectivity index (χ4n) is 2.88. The van der Waals surface area contributed by atoms with E-state index >= 15 is 0 Å². The molecule has 1 amide bonds. The molecule has 0 aromatic carbocycles. The summed E-state index contributed by atoms with van der Waals surface area (Å²) in [7, 11) is 0. The SMILES string of the molecule is CCCCCCCCCCC(=O)N1CCCC1C(=O)O. The smallest absolute Gasteiger partial charge is 0.326 e. The van der Waals surface area contributed by atoms with Crippen LogP contribution in [0.25, 0.3) is 0 Å². The Balaban J connectivity index is 2.07. The van der Waals surface area contributed by atoms with Gasteiger partial charge in [0, 0.05) is 13.0 Å². The van der Waals surface area contributed by atoms with Crippen molar-refractivity contribution in [3.05, 3.63) is 0 Å². The summed E-state index contributed by atoms with van der Waals surface area (Å²) < 4.78 is 0. The van der Waals surface area contributed by atoms with E-state index in [9.17, 15) is 9.59 Å². The van der Waals surface area contributed by atoms with Crippen molar-refractivity contribution in [2.24, 2.45) is 0 Å². The highest BCUT2D eigenvalue weighted by molar-refractivity contribution is 5.84. The molecule has 1 unspecified atom stereocenters. The van der Waals surface area contributed by atoms with Gasteiger partial charge in [0.15, 0.2) is 0 Å². The fraction of sp³-hybridized carbons (Fsp3) is 0.875. The lowest BCUT2D eigenvalue weighted by molar-refractivity contribution is -0.148. The second kappa shape index (κ2) is 9.78. The summed E-state index contributed by atoms with van der Waals surface area (Å²) in [5.74, 6) is -0.826. The van der Waals surface area contributed by atoms with Crippen LogP contribution in [0.3, 0.4) is 0 Å². The number of unbranched alkanes of at least 4 members (excludes halogenated alkanes) is 7. The zero-order valence-corrected chi connectivity index (χ0v) is 12.8. The number of hydrogen-bond donors (Lipinski definition) is 1. The van der Waals surface area contributed by atoms with Gasteiger partial charge in [-0.1, -0.05) is 51.9 Å². The number of likely N-dealkylation sites (tertiary alicyclic amines) is 1. The van der Waals surface area contributed by atoms with E-state index in [0.717, 1.165) is 19.3 Å². The quantitative estimate of drug-likeness (QED) is 0.623. The largest absolute Gasteiger partial charge is 0.480 e. The van der Waals surface area contributed by atoms with Crippen molar-refractivity contribution in [2.45, 2.75) is 83.6 Å². The molecule has 1 aliphatic heterocycles. The number of nitrogens with zero attached hydrogens (tertiary/aromatic N) is 1. The molecule has 1 heterocycles. The van der Waals surface area contributed by atoms with Gasteiger partial charge in [0.2, 0.25) is 5.91 Å². The predicted molar refractivity (Wildman–Crippen MR) is 79.6 cm³/mol. The molecule has 1 aliphatic rings. The van der Waals surface area contributed by atoms with Crippen LogP contribution in [0.2, 0.25) is 0 Å². The second-order valence-electron chi connectivity index (χ2n) is 5.81. The average molecular weight is 283 g/mol. The lowest BCUT2D eigenvalue weighted by Gasteiger charge is -2.21. The maximum atomic E-state index is 12.0. The Morgan fingerprint density at radius 1 is 1.05 bits per heavy atom. The zero-order valence-electron chi connectivity index (χ0n) is 12.8. The summed E-state index contributed by atoms with van der Waals surface area (Å²) in [4.78, 5) is 24.6. The third kappa shape index (κ3) is 5.93. The van der Waals surface area contributed by atoms with Gasteiger partial charge >= 0.3 is 5.97 Å². The van der Waals surface area contributed by atoms with Crippen molar-refractivity contribution in [3.8, 4) is 0 Å². The Morgan fingerprint density at radius 2 is 1.65 bits per heavy atom. The minimum absolute atomic E-state index is 0.0286. The Labute approximate surface area is 122 Å². The molecule has 1 N–H and O–H groups in total. The highest BCUT2D eigenvalue weighted by Gasteiger charge is 2.33. The fourth-order valence-corrected chi connectivity index (χ4v) is 2.88. The zero-order chi connectivity index (χ0) is 14.8. The predicted octanol–water partition coefficient (Wildman–Crippen LogP) is 3.59. The van der Waals surface area contributed by atoms with E-state index in [0.29, 0.717) is 19.4 Å². The van der Waals surface area contributed by atoms with Crippen LogP contribution >= 0.6 is 0 Å². The average Bonchev–Trinajstić information content (AvgIpc) is 2.91. The van der Waals surface area contributed by atoms with Crippen LogP contribution in [0.5, 0.6) is 0 Å². The van der Waals surface area contributed by atoms with E-state index in [2.05, 4.69) is 6.92 Å². The molecule has 1 atom stereocenters. The first kappa shape index (κ1) is 17.0. The third-order valence-electron chi connectivity index (χ3n) is 4.10. The van der Waals surface area contributed by atoms with E-state index in [4.69, 9.17) is 5.11 Å². The maximum Gasteiger partial charge on any atom is 0.326 e. The van der Waals surface area contributed by atoms with Gasteiger partial charge < -0.3 is 10.0 Å². The van der Waals surface area contributed by atoms with Crippen LogP contribution in [-0.2, 0) is 9.59 Å². The van der Waals surface area contributed by atoms with Crippen LogP contribution in [-0.4, -0.2) is 34.5 Å². The number of carbonyl (C=O) groups is 2. The summed E-state index contributed by atoms with van der Waals surface area (Å²) in [6, 6.07) is -0.573. The molecule has 4 heteroatoms. The van der Waals surface area contributed by atoms with Crippen LogP contribution in [0.4, 0.5) is 0 Å². The van der Waals surface area contributed by atoms with Crippen LogP contribution in [0, 0.1) is 0 Å². The Morgan fingerprint density at radius 3 is 2.25 bits per heavy atom. The van der Waals surface area contributed by atoms with Crippen LogP contribution in [0.15, 0.2) is 0 Å². The van der Waals surface area contributed by atoms with E-state index in [1.165, 1.54) is 38.5 Å². The highest BCUT2D eigenvalue weighted by Crippen LogP contribution is 2.19. The molecule has 1 rings (SSSR count).